The number of hydrogen-bond donors (Lipinski definition) is 3. The zero-order valence-electron chi connectivity index (χ0n) is 17.2. The number of anilines is 3. The molecule has 2 heterocycles. The monoisotopic (exact) mass is 461 g/mol. The molecule has 0 radical (unpaired) electrons. The molecule has 2 aromatic heterocycles. The Hall–Kier alpha value is -3.08. The standard InChI is InChI=1S/C21H21F2N5O3S/c1-32(30,31)15-8-12(10-2-3-10)6-7-13(15)24-14-9-16(26-21(29)11-4-5-11)25-19-17(14)27-20(28-19)18(22)23/h6-11,18H,2-5H2,1H3,(H3,24,25,26,27,28,29). The minimum Gasteiger partial charge on any atom is -0.353 e. The molecule has 3 N–H and O–H groups in total. The van der Waals surface area contributed by atoms with Crippen LogP contribution in [0.25, 0.3) is 11.2 Å². The van der Waals surface area contributed by atoms with E-state index in [4.69, 9.17) is 0 Å². The van der Waals surface area contributed by atoms with Crippen molar-refractivity contribution in [2.75, 3.05) is 16.9 Å². The zero-order chi connectivity index (χ0) is 22.6. The van der Waals surface area contributed by atoms with E-state index in [1.807, 2.05) is 6.07 Å². The smallest absolute Gasteiger partial charge is 0.295 e. The summed E-state index contributed by atoms with van der Waals surface area (Å²) in [6, 6.07) is 6.67. The van der Waals surface area contributed by atoms with Crippen molar-refractivity contribution in [2.45, 2.75) is 42.9 Å². The lowest BCUT2D eigenvalue weighted by molar-refractivity contribution is -0.117. The average molecular weight is 461 g/mol. The molecule has 5 rings (SSSR count). The lowest BCUT2D eigenvalue weighted by atomic mass is 10.1. The summed E-state index contributed by atoms with van der Waals surface area (Å²) in [7, 11) is -3.57. The van der Waals surface area contributed by atoms with E-state index < -0.39 is 22.1 Å². The van der Waals surface area contributed by atoms with Crippen molar-refractivity contribution in [1.82, 2.24) is 15.0 Å². The molecule has 0 saturated heterocycles. The van der Waals surface area contributed by atoms with Gasteiger partial charge in [-0.3, -0.25) is 4.79 Å². The topological polar surface area (TPSA) is 117 Å². The summed E-state index contributed by atoms with van der Waals surface area (Å²) < 4.78 is 51.4. The third kappa shape index (κ3) is 4.16. The maximum absolute atomic E-state index is 13.2. The lowest BCUT2D eigenvalue weighted by Crippen LogP contribution is -2.14. The van der Waals surface area contributed by atoms with Gasteiger partial charge in [-0.05, 0) is 49.3 Å². The number of halogens is 2. The van der Waals surface area contributed by atoms with Gasteiger partial charge in [0.1, 0.15) is 11.3 Å². The molecular weight excluding hydrogens is 440 g/mol. The second-order valence-corrected chi connectivity index (χ2v) is 10.4. The molecule has 0 unspecified atom stereocenters. The maximum Gasteiger partial charge on any atom is 0.295 e. The van der Waals surface area contributed by atoms with E-state index in [0.717, 1.165) is 37.5 Å². The summed E-state index contributed by atoms with van der Waals surface area (Å²) in [6.45, 7) is 0. The van der Waals surface area contributed by atoms with Crippen molar-refractivity contribution in [3.8, 4) is 0 Å². The zero-order valence-corrected chi connectivity index (χ0v) is 18.0. The first kappa shape index (κ1) is 20.8. The summed E-state index contributed by atoms with van der Waals surface area (Å²) in [4.78, 5) is 22.9. The van der Waals surface area contributed by atoms with Gasteiger partial charge < -0.3 is 15.6 Å². The number of alkyl halides is 2. The van der Waals surface area contributed by atoms with Gasteiger partial charge in [0.2, 0.25) is 5.91 Å². The summed E-state index contributed by atoms with van der Waals surface area (Å²) in [5.41, 5.74) is 1.72. The molecular formula is C21H21F2N5O3S. The molecule has 32 heavy (non-hydrogen) atoms. The molecule has 2 aliphatic carbocycles. The highest BCUT2D eigenvalue weighted by molar-refractivity contribution is 7.90. The number of imidazole rings is 1. The Morgan fingerprint density at radius 1 is 1.12 bits per heavy atom. The number of aromatic amines is 1. The average Bonchev–Trinajstić information content (AvgIpc) is 3.63. The number of amides is 1. The number of nitrogens with zero attached hydrogens (tertiary/aromatic N) is 2. The number of pyridine rings is 1. The van der Waals surface area contributed by atoms with E-state index in [1.54, 1.807) is 12.1 Å². The number of benzene rings is 1. The molecule has 3 aromatic rings. The molecule has 2 saturated carbocycles. The fourth-order valence-corrected chi connectivity index (χ4v) is 4.48. The molecule has 0 atom stereocenters. The van der Waals surface area contributed by atoms with Crippen LogP contribution in [-0.4, -0.2) is 35.5 Å². The van der Waals surface area contributed by atoms with Crippen molar-refractivity contribution in [2.24, 2.45) is 5.92 Å². The normalized spacial score (nSPS) is 16.5. The Labute approximate surface area is 182 Å². The van der Waals surface area contributed by atoms with Crippen LogP contribution in [0.1, 0.15) is 49.4 Å². The molecule has 168 valence electrons. The molecule has 0 bridgehead atoms. The molecule has 2 aliphatic rings. The van der Waals surface area contributed by atoms with Gasteiger partial charge in [-0.2, -0.15) is 0 Å². The van der Waals surface area contributed by atoms with E-state index in [1.165, 1.54) is 6.07 Å². The highest BCUT2D eigenvalue weighted by Gasteiger charge is 2.30. The number of carbonyl (C=O) groups excluding carboxylic acids is 1. The van der Waals surface area contributed by atoms with Crippen LogP contribution in [0, 0.1) is 5.92 Å². The first-order valence-electron chi connectivity index (χ1n) is 10.3. The second-order valence-electron chi connectivity index (χ2n) is 8.37. The number of rotatable bonds is 7. The first-order chi connectivity index (χ1) is 15.2. The Kier molecular flexibility index (Phi) is 4.88. The lowest BCUT2D eigenvalue weighted by Gasteiger charge is -2.14. The molecule has 0 aliphatic heterocycles. The minimum atomic E-state index is -3.57. The maximum atomic E-state index is 13.2. The van der Waals surface area contributed by atoms with Crippen LogP contribution in [0.4, 0.5) is 26.0 Å². The number of hydrogen-bond acceptors (Lipinski definition) is 6. The van der Waals surface area contributed by atoms with Gasteiger partial charge in [0.05, 0.1) is 16.3 Å². The van der Waals surface area contributed by atoms with Crippen LogP contribution >= 0.6 is 0 Å². The SMILES string of the molecule is CS(=O)(=O)c1cc(C2CC2)ccc1Nc1cc(NC(=O)C2CC2)nc2nc(C(F)F)[nH]c12. The van der Waals surface area contributed by atoms with Crippen LogP contribution in [0.5, 0.6) is 0 Å². The second kappa shape index (κ2) is 7.51. The van der Waals surface area contributed by atoms with Crippen molar-refractivity contribution < 1.29 is 22.0 Å². The van der Waals surface area contributed by atoms with E-state index in [0.29, 0.717) is 11.6 Å². The van der Waals surface area contributed by atoms with Gasteiger partial charge in [0.15, 0.2) is 21.3 Å². The van der Waals surface area contributed by atoms with Crippen LogP contribution in [0.2, 0.25) is 0 Å². The van der Waals surface area contributed by atoms with Gasteiger partial charge in [-0.25, -0.2) is 27.2 Å². The largest absolute Gasteiger partial charge is 0.353 e. The highest BCUT2D eigenvalue weighted by Crippen LogP contribution is 2.42. The third-order valence-electron chi connectivity index (χ3n) is 5.61. The van der Waals surface area contributed by atoms with E-state index in [-0.39, 0.29) is 39.4 Å². The van der Waals surface area contributed by atoms with Crippen molar-refractivity contribution in [3.63, 3.8) is 0 Å². The third-order valence-corrected chi connectivity index (χ3v) is 6.75. The molecule has 2 fully saturated rings. The van der Waals surface area contributed by atoms with E-state index in [9.17, 15) is 22.0 Å². The first-order valence-corrected chi connectivity index (χ1v) is 12.2. The van der Waals surface area contributed by atoms with E-state index in [2.05, 4.69) is 25.6 Å². The fraction of sp³-hybridized carbons (Fsp3) is 0.381. The minimum absolute atomic E-state index is 0.00750. The number of H-pyrrole nitrogens is 1. The highest BCUT2D eigenvalue weighted by atomic mass is 32.2. The summed E-state index contributed by atoms with van der Waals surface area (Å²) in [6.07, 6.45) is 1.92. The van der Waals surface area contributed by atoms with Crippen LogP contribution in [0.15, 0.2) is 29.2 Å². The molecule has 8 nitrogen and oxygen atoms in total. The summed E-state index contributed by atoms with van der Waals surface area (Å²) >= 11 is 0. The van der Waals surface area contributed by atoms with Crippen molar-refractivity contribution in [3.05, 3.63) is 35.7 Å². The number of aromatic nitrogens is 3. The van der Waals surface area contributed by atoms with Gasteiger partial charge in [-0.1, -0.05) is 6.07 Å². The van der Waals surface area contributed by atoms with Gasteiger partial charge >= 0.3 is 0 Å². The number of nitrogens with one attached hydrogen (secondary N) is 3. The number of fused-ring (bicyclic) bond motifs is 1. The predicted octanol–water partition coefficient (Wildman–Crippen LogP) is 4.27. The van der Waals surface area contributed by atoms with Gasteiger partial charge in [-0.15, -0.1) is 0 Å². The molecule has 1 aromatic carbocycles. The van der Waals surface area contributed by atoms with Crippen molar-refractivity contribution in [1.29, 1.82) is 0 Å². The predicted molar refractivity (Wildman–Crippen MR) is 115 cm³/mol. The van der Waals surface area contributed by atoms with E-state index >= 15 is 0 Å². The summed E-state index contributed by atoms with van der Waals surface area (Å²) in [5.74, 6) is -0.319. The Balaban J connectivity index is 1.58. The Morgan fingerprint density at radius 2 is 1.88 bits per heavy atom. The molecule has 11 heteroatoms. The van der Waals surface area contributed by atoms with Crippen LogP contribution in [-0.2, 0) is 14.6 Å². The number of carbonyl (C=O) groups is 1. The van der Waals surface area contributed by atoms with Crippen molar-refractivity contribution >= 4 is 44.1 Å². The Morgan fingerprint density at radius 3 is 2.50 bits per heavy atom. The van der Waals surface area contributed by atoms with Gasteiger partial charge in [0.25, 0.3) is 6.43 Å². The molecule has 1 amide bonds. The summed E-state index contributed by atoms with van der Waals surface area (Å²) in [5, 5.41) is 5.72. The molecule has 0 spiro atoms. The quantitative estimate of drug-likeness (QED) is 0.484. The van der Waals surface area contributed by atoms with Crippen LogP contribution in [0.3, 0.4) is 0 Å². The Bertz CT molecular complexity index is 1330. The fourth-order valence-electron chi connectivity index (χ4n) is 3.61. The van der Waals surface area contributed by atoms with Gasteiger partial charge in [0, 0.05) is 18.2 Å². The number of sulfone groups is 1. The van der Waals surface area contributed by atoms with Crippen LogP contribution < -0.4 is 10.6 Å².